The fraction of sp³-hybridized carbons (Fsp3) is 0.154. The topological polar surface area (TPSA) is 12.9 Å². The third-order valence-electron chi connectivity index (χ3n) is 2.22. The Morgan fingerprint density at radius 1 is 0.929 bits per heavy atom. The third kappa shape index (κ3) is 1.82. The largest absolute Gasteiger partial charge is 0.264 e. The van der Waals surface area contributed by atoms with E-state index in [1.807, 2.05) is 12.3 Å². The zero-order valence-electron chi connectivity index (χ0n) is 8.49. The van der Waals surface area contributed by atoms with Crippen LogP contribution in [0.1, 0.15) is 11.1 Å². The highest BCUT2D eigenvalue weighted by Gasteiger charge is 1.98. The van der Waals surface area contributed by atoms with Crippen LogP contribution in [-0.2, 0) is 0 Å². The molecule has 2 aromatic rings. The van der Waals surface area contributed by atoms with Crippen molar-refractivity contribution in [1.29, 1.82) is 0 Å². The Morgan fingerprint density at radius 2 is 1.64 bits per heavy atom. The highest BCUT2D eigenvalue weighted by molar-refractivity contribution is 5.63. The minimum Gasteiger partial charge on any atom is -0.264 e. The van der Waals surface area contributed by atoms with Crippen LogP contribution in [0.15, 0.2) is 42.7 Å². The molecule has 0 fully saturated rings. The van der Waals surface area contributed by atoms with Crippen molar-refractivity contribution in [2.24, 2.45) is 0 Å². The van der Waals surface area contributed by atoms with E-state index in [4.69, 9.17) is 0 Å². The van der Waals surface area contributed by atoms with Crippen molar-refractivity contribution in [1.82, 2.24) is 4.98 Å². The van der Waals surface area contributed by atoms with E-state index in [9.17, 15) is 0 Å². The molecule has 0 unspecified atom stereocenters. The zero-order chi connectivity index (χ0) is 9.97. The Labute approximate surface area is 84.4 Å². The van der Waals surface area contributed by atoms with Gasteiger partial charge in [-0.3, -0.25) is 4.98 Å². The molecule has 0 N–H and O–H groups in total. The van der Waals surface area contributed by atoms with Gasteiger partial charge >= 0.3 is 0 Å². The highest BCUT2D eigenvalue weighted by Crippen LogP contribution is 2.20. The Hall–Kier alpha value is -1.63. The lowest BCUT2D eigenvalue weighted by Gasteiger charge is -2.04. The van der Waals surface area contributed by atoms with Crippen LogP contribution in [0.4, 0.5) is 0 Å². The van der Waals surface area contributed by atoms with Gasteiger partial charge in [-0.05, 0) is 25.5 Å². The normalized spacial score (nSPS) is 10.1. The maximum atomic E-state index is 4.12. The molecule has 14 heavy (non-hydrogen) atoms. The Bertz CT molecular complexity index is 412. The molecule has 0 aliphatic heterocycles. The maximum Gasteiger partial charge on any atom is 0.0346 e. The molecule has 0 saturated carbocycles. The van der Waals surface area contributed by atoms with Crippen molar-refractivity contribution >= 4 is 0 Å². The van der Waals surface area contributed by atoms with Gasteiger partial charge in [0.25, 0.3) is 0 Å². The van der Waals surface area contributed by atoms with E-state index in [2.05, 4.69) is 43.1 Å². The quantitative estimate of drug-likeness (QED) is 0.660. The van der Waals surface area contributed by atoms with Crippen LogP contribution < -0.4 is 0 Å². The summed E-state index contributed by atoms with van der Waals surface area (Å²) in [5.74, 6) is 0. The van der Waals surface area contributed by atoms with Crippen molar-refractivity contribution in [2.75, 3.05) is 0 Å². The molecular weight excluding hydrogens is 170 g/mol. The van der Waals surface area contributed by atoms with Gasteiger partial charge in [0.1, 0.15) is 0 Å². The minimum absolute atomic E-state index is 1.18. The molecule has 2 rings (SSSR count). The van der Waals surface area contributed by atoms with E-state index in [1.54, 1.807) is 6.20 Å². The minimum atomic E-state index is 1.18. The molecular formula is C13H13N. The first-order valence-electron chi connectivity index (χ1n) is 4.74. The molecule has 0 amide bonds. The summed E-state index contributed by atoms with van der Waals surface area (Å²) in [4.78, 5) is 4.12. The van der Waals surface area contributed by atoms with Gasteiger partial charge in [-0.15, -0.1) is 0 Å². The number of nitrogens with zero attached hydrogens (tertiary/aromatic N) is 1. The summed E-state index contributed by atoms with van der Waals surface area (Å²) in [6.45, 7) is 4.24. The first kappa shape index (κ1) is 8.95. The highest BCUT2D eigenvalue weighted by atomic mass is 14.6. The second-order valence-electron chi connectivity index (χ2n) is 3.62. The van der Waals surface area contributed by atoms with Gasteiger partial charge in [0.2, 0.25) is 0 Å². The molecule has 0 spiro atoms. The molecule has 0 atom stereocenters. The Kier molecular flexibility index (Phi) is 2.32. The summed E-state index contributed by atoms with van der Waals surface area (Å²) in [6.07, 6.45) is 3.69. The summed E-state index contributed by atoms with van der Waals surface area (Å²) in [7, 11) is 0. The Morgan fingerprint density at radius 3 is 2.21 bits per heavy atom. The van der Waals surface area contributed by atoms with Gasteiger partial charge < -0.3 is 0 Å². The summed E-state index contributed by atoms with van der Waals surface area (Å²) < 4.78 is 0. The second-order valence-corrected chi connectivity index (χ2v) is 3.62. The number of hydrogen-bond donors (Lipinski definition) is 0. The number of pyridine rings is 1. The zero-order valence-corrected chi connectivity index (χ0v) is 8.49. The van der Waals surface area contributed by atoms with E-state index in [0.29, 0.717) is 0 Å². The van der Waals surface area contributed by atoms with Crippen molar-refractivity contribution in [3.8, 4) is 11.1 Å². The van der Waals surface area contributed by atoms with Crippen molar-refractivity contribution in [2.45, 2.75) is 13.8 Å². The van der Waals surface area contributed by atoms with Crippen LogP contribution in [0, 0.1) is 13.8 Å². The Balaban J connectivity index is 2.52. The third-order valence-corrected chi connectivity index (χ3v) is 2.22. The van der Waals surface area contributed by atoms with E-state index in [-0.39, 0.29) is 0 Å². The molecule has 1 aromatic heterocycles. The second kappa shape index (κ2) is 3.62. The lowest BCUT2D eigenvalue weighted by molar-refractivity contribution is 1.32. The smallest absolute Gasteiger partial charge is 0.0346 e. The lowest BCUT2D eigenvalue weighted by Crippen LogP contribution is -1.83. The van der Waals surface area contributed by atoms with Gasteiger partial charge in [0.15, 0.2) is 0 Å². The number of hydrogen-bond acceptors (Lipinski definition) is 1. The number of aromatic nitrogens is 1. The molecule has 1 heterocycles. The van der Waals surface area contributed by atoms with Crippen LogP contribution in [-0.4, -0.2) is 4.98 Å². The van der Waals surface area contributed by atoms with Crippen molar-refractivity contribution in [3.63, 3.8) is 0 Å². The molecule has 0 aliphatic carbocycles. The molecule has 70 valence electrons. The molecule has 1 nitrogen and oxygen atoms in total. The van der Waals surface area contributed by atoms with Crippen LogP contribution in [0.25, 0.3) is 11.1 Å². The van der Waals surface area contributed by atoms with Crippen LogP contribution in [0.3, 0.4) is 0 Å². The fourth-order valence-corrected chi connectivity index (χ4v) is 1.67. The number of benzene rings is 1. The lowest BCUT2D eigenvalue weighted by atomic mass is 10.0. The average molecular weight is 183 g/mol. The van der Waals surface area contributed by atoms with Gasteiger partial charge in [0, 0.05) is 18.0 Å². The first-order valence-corrected chi connectivity index (χ1v) is 4.74. The van der Waals surface area contributed by atoms with Crippen LogP contribution in [0.2, 0.25) is 0 Å². The number of rotatable bonds is 1. The number of aryl methyl sites for hydroxylation is 2. The van der Waals surface area contributed by atoms with E-state index in [1.165, 1.54) is 22.3 Å². The molecule has 1 heteroatoms. The van der Waals surface area contributed by atoms with Crippen molar-refractivity contribution in [3.05, 3.63) is 53.9 Å². The summed E-state index contributed by atoms with van der Waals surface area (Å²) in [5, 5.41) is 0. The van der Waals surface area contributed by atoms with Crippen LogP contribution >= 0.6 is 0 Å². The summed E-state index contributed by atoms with van der Waals surface area (Å²) in [6, 6.07) is 10.6. The SMILES string of the molecule is Cc1cc(C)cc(-c2cccnc2)c1. The molecule has 0 aliphatic rings. The monoisotopic (exact) mass is 183 g/mol. The first-order chi connectivity index (χ1) is 6.75. The standard InChI is InChI=1S/C13H13N/c1-10-6-11(2)8-13(7-10)12-4-3-5-14-9-12/h3-9H,1-2H3. The van der Waals surface area contributed by atoms with Gasteiger partial charge in [0.05, 0.1) is 0 Å². The maximum absolute atomic E-state index is 4.12. The van der Waals surface area contributed by atoms with Gasteiger partial charge in [-0.1, -0.05) is 35.4 Å². The summed E-state index contributed by atoms with van der Waals surface area (Å²) in [5.41, 5.74) is 5.02. The molecule has 0 saturated heterocycles. The predicted molar refractivity (Wildman–Crippen MR) is 59.1 cm³/mol. The molecule has 0 radical (unpaired) electrons. The van der Waals surface area contributed by atoms with Gasteiger partial charge in [-0.2, -0.15) is 0 Å². The van der Waals surface area contributed by atoms with E-state index < -0.39 is 0 Å². The average Bonchev–Trinajstić information content (AvgIpc) is 2.18. The predicted octanol–water partition coefficient (Wildman–Crippen LogP) is 3.37. The van der Waals surface area contributed by atoms with E-state index in [0.717, 1.165) is 0 Å². The van der Waals surface area contributed by atoms with Crippen molar-refractivity contribution < 1.29 is 0 Å². The van der Waals surface area contributed by atoms with Gasteiger partial charge in [-0.25, -0.2) is 0 Å². The molecule has 0 bridgehead atoms. The fourth-order valence-electron chi connectivity index (χ4n) is 1.67. The summed E-state index contributed by atoms with van der Waals surface area (Å²) >= 11 is 0. The molecule has 1 aromatic carbocycles. The van der Waals surface area contributed by atoms with Crippen LogP contribution in [0.5, 0.6) is 0 Å². The van der Waals surface area contributed by atoms with E-state index >= 15 is 0 Å².